The fourth-order valence-corrected chi connectivity index (χ4v) is 3.69. The number of carbonyl (C=O) groups is 1. The van der Waals surface area contributed by atoms with Gasteiger partial charge in [0.1, 0.15) is 5.97 Å². The maximum atomic E-state index is 12.4. The number of rotatable bonds is 4. The van der Waals surface area contributed by atoms with Crippen LogP contribution in [0.5, 0.6) is 0 Å². The summed E-state index contributed by atoms with van der Waals surface area (Å²) in [7, 11) is -0.228. The van der Waals surface area contributed by atoms with Crippen molar-refractivity contribution in [3.8, 4) is 0 Å². The smallest absolute Gasteiger partial charge is 0.276 e. The van der Waals surface area contributed by atoms with Crippen molar-refractivity contribution in [2.75, 3.05) is 27.2 Å². The zero-order chi connectivity index (χ0) is 14.9. The second-order valence-electron chi connectivity index (χ2n) is 5.12. The zero-order valence-corrected chi connectivity index (χ0v) is 12.3. The van der Waals surface area contributed by atoms with E-state index in [0.717, 1.165) is 38.1 Å². The fourth-order valence-electron chi connectivity index (χ4n) is 2.37. The van der Waals surface area contributed by atoms with Gasteiger partial charge in [-0.05, 0) is 12.1 Å². The second-order valence-corrected chi connectivity index (χ2v) is 7.04. The molecule has 0 spiro atoms. The van der Waals surface area contributed by atoms with Crippen LogP contribution in [0.4, 0.5) is 0 Å². The number of nitrogens with zero attached hydrogens (tertiary/aromatic N) is 1. The standard InChI is InChI=1S/C12H18N2O5S/c1-13-7-5-9(6-8-13)14(2)20(17,18)11-4-3-10(19-11)12(15)16/h3-4,9H,5-8H2,1-2H3,(H,15,16). The molecule has 0 atom stereocenters. The second kappa shape index (κ2) is 5.55. The minimum atomic E-state index is -3.80. The lowest BCUT2D eigenvalue weighted by Gasteiger charge is -2.31. The largest absolute Gasteiger partial charge is 0.542 e. The van der Waals surface area contributed by atoms with Gasteiger partial charge in [0.25, 0.3) is 10.0 Å². The number of sulfonamides is 1. The highest BCUT2D eigenvalue weighted by Gasteiger charge is 2.33. The lowest BCUT2D eigenvalue weighted by atomic mass is 10.1. The molecule has 0 radical (unpaired) electrons. The first-order valence-corrected chi connectivity index (χ1v) is 7.87. The highest BCUT2D eigenvalue weighted by molar-refractivity contribution is 7.89. The summed E-state index contributed by atoms with van der Waals surface area (Å²) in [6.07, 6.45) is 1.55. The van der Waals surface area contributed by atoms with Crippen LogP contribution < -0.4 is 10.0 Å². The molecule has 112 valence electrons. The number of carboxylic acids is 1. The average Bonchev–Trinajstić information content (AvgIpc) is 2.89. The molecule has 0 amide bonds. The number of nitrogens with one attached hydrogen (secondary N) is 1. The Balaban J connectivity index is 2.18. The molecule has 1 N–H and O–H groups in total. The molecule has 0 aliphatic carbocycles. The summed E-state index contributed by atoms with van der Waals surface area (Å²) >= 11 is 0. The predicted molar refractivity (Wildman–Crippen MR) is 67.6 cm³/mol. The van der Waals surface area contributed by atoms with Crippen LogP contribution in [0.3, 0.4) is 0 Å². The van der Waals surface area contributed by atoms with Gasteiger partial charge in [-0.3, -0.25) is 0 Å². The van der Waals surface area contributed by atoms with Crippen LogP contribution in [-0.4, -0.2) is 51.9 Å². The number of hydrogen-bond acceptors (Lipinski definition) is 5. The Morgan fingerprint density at radius 1 is 1.40 bits per heavy atom. The molecule has 1 aromatic rings. The molecule has 0 bridgehead atoms. The van der Waals surface area contributed by atoms with E-state index in [0.29, 0.717) is 0 Å². The van der Waals surface area contributed by atoms with Crippen molar-refractivity contribution in [2.45, 2.75) is 24.0 Å². The maximum Gasteiger partial charge on any atom is 0.276 e. The summed E-state index contributed by atoms with van der Waals surface area (Å²) in [5, 5.41) is 10.3. The van der Waals surface area contributed by atoms with Crippen LogP contribution in [0.1, 0.15) is 23.4 Å². The molecular formula is C12H18N2O5S. The third kappa shape index (κ3) is 2.87. The van der Waals surface area contributed by atoms with E-state index >= 15 is 0 Å². The van der Waals surface area contributed by atoms with Gasteiger partial charge in [-0.2, -0.15) is 4.31 Å². The molecule has 1 aliphatic rings. The molecule has 8 heteroatoms. The van der Waals surface area contributed by atoms with Crippen LogP contribution in [-0.2, 0) is 10.0 Å². The fraction of sp³-hybridized carbons (Fsp3) is 0.583. The quantitative estimate of drug-likeness (QED) is 0.690. The first kappa shape index (κ1) is 15.0. The number of carboxylic acid groups (broad SMARTS) is 1. The Morgan fingerprint density at radius 2 is 2.00 bits per heavy atom. The normalized spacial score (nSPS) is 23.9. The van der Waals surface area contributed by atoms with Gasteiger partial charge < -0.3 is 19.2 Å². The molecule has 0 saturated carbocycles. The van der Waals surface area contributed by atoms with Gasteiger partial charge >= 0.3 is 0 Å². The first-order chi connectivity index (χ1) is 9.32. The van der Waals surface area contributed by atoms with Crippen LogP contribution >= 0.6 is 0 Å². The van der Waals surface area contributed by atoms with E-state index in [1.54, 1.807) is 0 Å². The SMILES string of the molecule is CN(C1CC[NH+](C)CC1)S(=O)(=O)c1ccc(C(=O)[O-])o1. The molecule has 1 aromatic heterocycles. The lowest BCUT2D eigenvalue weighted by Crippen LogP contribution is -3.10. The van der Waals surface area contributed by atoms with Gasteiger partial charge in [0.15, 0.2) is 5.76 Å². The Hall–Kier alpha value is -1.38. The van der Waals surface area contributed by atoms with Crippen LogP contribution in [0.2, 0.25) is 0 Å². The summed E-state index contributed by atoms with van der Waals surface area (Å²) in [4.78, 5) is 12.0. The van der Waals surface area contributed by atoms with Crippen molar-refractivity contribution in [3.05, 3.63) is 17.9 Å². The summed E-state index contributed by atoms with van der Waals surface area (Å²) in [5.41, 5.74) is 0. The Kier molecular flexibility index (Phi) is 4.17. The molecule has 0 unspecified atom stereocenters. The van der Waals surface area contributed by atoms with Gasteiger partial charge in [-0.1, -0.05) is 0 Å². The van der Waals surface area contributed by atoms with E-state index in [4.69, 9.17) is 4.42 Å². The van der Waals surface area contributed by atoms with Gasteiger partial charge in [0.05, 0.1) is 20.1 Å². The number of quaternary nitrogens is 1. The molecular weight excluding hydrogens is 284 g/mol. The number of piperidine rings is 1. The van der Waals surface area contributed by atoms with Gasteiger partial charge in [-0.15, -0.1) is 0 Å². The van der Waals surface area contributed by atoms with Gasteiger partial charge in [-0.25, -0.2) is 8.42 Å². The van der Waals surface area contributed by atoms with Gasteiger partial charge in [0.2, 0.25) is 5.09 Å². The molecule has 0 aromatic carbocycles. The van der Waals surface area contributed by atoms with E-state index in [1.165, 1.54) is 16.3 Å². The zero-order valence-electron chi connectivity index (χ0n) is 11.5. The molecule has 1 saturated heterocycles. The van der Waals surface area contributed by atoms with E-state index in [1.807, 2.05) is 0 Å². The maximum absolute atomic E-state index is 12.4. The number of hydrogen-bond donors (Lipinski definition) is 1. The summed E-state index contributed by atoms with van der Waals surface area (Å²) in [6.45, 7) is 1.82. The highest BCUT2D eigenvalue weighted by Crippen LogP contribution is 2.21. The van der Waals surface area contributed by atoms with Gasteiger partial charge in [0, 0.05) is 25.9 Å². The lowest BCUT2D eigenvalue weighted by molar-refractivity contribution is -0.885. The monoisotopic (exact) mass is 302 g/mol. The third-order valence-electron chi connectivity index (χ3n) is 3.74. The minimum absolute atomic E-state index is 0.0831. The molecule has 2 rings (SSSR count). The molecule has 7 nitrogen and oxygen atoms in total. The molecule has 2 heterocycles. The molecule has 1 aliphatic heterocycles. The van der Waals surface area contributed by atoms with Crippen molar-refractivity contribution >= 4 is 16.0 Å². The molecule has 20 heavy (non-hydrogen) atoms. The van der Waals surface area contributed by atoms with E-state index in [-0.39, 0.29) is 11.1 Å². The number of aromatic carboxylic acids is 1. The van der Waals surface area contributed by atoms with Crippen molar-refractivity contribution in [1.29, 1.82) is 0 Å². The average molecular weight is 302 g/mol. The van der Waals surface area contributed by atoms with E-state index in [9.17, 15) is 18.3 Å². The predicted octanol–water partition coefficient (Wildman–Crippen LogP) is -2.06. The number of carbonyl (C=O) groups excluding carboxylic acids is 1. The minimum Gasteiger partial charge on any atom is -0.542 e. The van der Waals surface area contributed by atoms with Crippen molar-refractivity contribution < 1.29 is 27.6 Å². The van der Waals surface area contributed by atoms with E-state index in [2.05, 4.69) is 7.05 Å². The number of furan rings is 1. The van der Waals surface area contributed by atoms with Crippen LogP contribution in [0, 0.1) is 0 Å². The summed E-state index contributed by atoms with van der Waals surface area (Å²) < 4.78 is 30.8. The van der Waals surface area contributed by atoms with Crippen LogP contribution in [0.15, 0.2) is 21.6 Å². The highest BCUT2D eigenvalue weighted by atomic mass is 32.2. The topological polar surface area (TPSA) is 95.1 Å². The first-order valence-electron chi connectivity index (χ1n) is 6.43. The Morgan fingerprint density at radius 3 is 2.50 bits per heavy atom. The summed E-state index contributed by atoms with van der Waals surface area (Å²) in [6, 6.07) is 2.16. The van der Waals surface area contributed by atoms with Crippen LogP contribution in [0.25, 0.3) is 0 Å². The summed E-state index contributed by atoms with van der Waals surface area (Å²) in [5.74, 6) is -2.01. The van der Waals surface area contributed by atoms with Crippen molar-refractivity contribution in [3.63, 3.8) is 0 Å². The Labute approximate surface area is 117 Å². The van der Waals surface area contributed by atoms with Crippen molar-refractivity contribution in [1.82, 2.24) is 4.31 Å². The van der Waals surface area contributed by atoms with E-state index < -0.39 is 21.8 Å². The Bertz CT molecular complexity index is 587. The molecule has 1 fully saturated rings. The van der Waals surface area contributed by atoms with Crippen molar-refractivity contribution in [2.24, 2.45) is 0 Å². The number of likely N-dealkylation sites (tertiary alicyclic amines) is 1. The third-order valence-corrected chi connectivity index (χ3v) is 5.52.